The number of amides is 1. The number of sulfonamides is 1. The second-order valence-corrected chi connectivity index (χ2v) is 11.4. The molecule has 30 heavy (non-hydrogen) atoms. The summed E-state index contributed by atoms with van der Waals surface area (Å²) >= 11 is 8.42. The molecule has 0 bridgehead atoms. The largest absolute Gasteiger partial charge is 0.338 e. The predicted molar refractivity (Wildman–Crippen MR) is 122 cm³/mol. The standard InChI is InChI=1S/C20H20ClN3O3S3/c1-12-5-6-15(21)10-16(12)23-30(26,27)17-9-14(11-28-17)19-22-13(2)18(29-19)20(25)24-7-3-4-8-24/h5-6,9-11,23H,3-4,7-8H2,1-2H3. The third-order valence-electron chi connectivity index (χ3n) is 4.92. The number of hydrogen-bond donors (Lipinski definition) is 1. The summed E-state index contributed by atoms with van der Waals surface area (Å²) in [5.74, 6) is 0.00919. The van der Waals surface area contributed by atoms with Crippen LogP contribution in [0.1, 0.15) is 33.8 Å². The number of carbonyl (C=O) groups excluding carboxylic acids is 1. The molecule has 1 aromatic carbocycles. The summed E-state index contributed by atoms with van der Waals surface area (Å²) in [6, 6.07) is 6.65. The summed E-state index contributed by atoms with van der Waals surface area (Å²) < 4.78 is 28.5. The number of carbonyl (C=O) groups is 1. The van der Waals surface area contributed by atoms with E-state index >= 15 is 0 Å². The van der Waals surface area contributed by atoms with Crippen molar-refractivity contribution in [3.8, 4) is 10.6 Å². The fourth-order valence-corrected chi connectivity index (χ4v) is 6.81. The Bertz CT molecular complexity index is 1210. The summed E-state index contributed by atoms with van der Waals surface area (Å²) in [4.78, 5) is 19.7. The van der Waals surface area contributed by atoms with Gasteiger partial charge in [-0.3, -0.25) is 9.52 Å². The first-order valence-electron chi connectivity index (χ1n) is 9.39. The molecule has 0 radical (unpaired) electrons. The van der Waals surface area contributed by atoms with Crippen molar-refractivity contribution >= 4 is 55.9 Å². The van der Waals surface area contributed by atoms with E-state index in [0.29, 0.717) is 31.9 Å². The Morgan fingerprint density at radius 3 is 2.67 bits per heavy atom. The molecule has 1 amide bonds. The van der Waals surface area contributed by atoms with Gasteiger partial charge >= 0.3 is 0 Å². The van der Waals surface area contributed by atoms with Crippen LogP contribution in [0.2, 0.25) is 5.02 Å². The lowest BCUT2D eigenvalue weighted by atomic mass is 10.2. The van der Waals surface area contributed by atoms with Crippen LogP contribution in [0.4, 0.5) is 5.69 Å². The molecule has 0 spiro atoms. The molecule has 3 heterocycles. The number of aromatic nitrogens is 1. The molecule has 10 heteroatoms. The maximum atomic E-state index is 12.8. The highest BCUT2D eigenvalue weighted by Gasteiger charge is 2.25. The molecule has 1 aliphatic rings. The van der Waals surface area contributed by atoms with E-state index in [9.17, 15) is 13.2 Å². The zero-order valence-corrected chi connectivity index (χ0v) is 19.6. The number of halogens is 1. The number of rotatable bonds is 5. The molecular formula is C20H20ClN3O3S3. The van der Waals surface area contributed by atoms with Gasteiger partial charge in [0.15, 0.2) is 0 Å². The van der Waals surface area contributed by atoms with Gasteiger partial charge in [-0.15, -0.1) is 22.7 Å². The van der Waals surface area contributed by atoms with Crippen molar-refractivity contribution in [2.45, 2.75) is 30.9 Å². The number of nitrogens with zero attached hydrogens (tertiary/aromatic N) is 2. The summed E-state index contributed by atoms with van der Waals surface area (Å²) in [5.41, 5.74) is 2.59. The fraction of sp³-hybridized carbons (Fsp3) is 0.300. The Hall–Kier alpha value is -1.94. The van der Waals surface area contributed by atoms with Gasteiger partial charge in [0.1, 0.15) is 14.1 Å². The van der Waals surface area contributed by atoms with Crippen LogP contribution in [0, 0.1) is 13.8 Å². The molecule has 3 aromatic rings. The topological polar surface area (TPSA) is 79.4 Å². The number of thiophene rings is 1. The van der Waals surface area contributed by atoms with E-state index in [1.165, 1.54) is 11.3 Å². The smallest absolute Gasteiger partial charge is 0.271 e. The lowest BCUT2D eigenvalue weighted by Crippen LogP contribution is -2.27. The highest BCUT2D eigenvalue weighted by molar-refractivity contribution is 7.94. The van der Waals surface area contributed by atoms with Crippen LogP contribution in [-0.2, 0) is 10.0 Å². The van der Waals surface area contributed by atoms with Crippen LogP contribution in [0.3, 0.4) is 0 Å². The molecule has 6 nitrogen and oxygen atoms in total. The van der Waals surface area contributed by atoms with Gasteiger partial charge in [-0.2, -0.15) is 0 Å². The van der Waals surface area contributed by atoms with Gasteiger partial charge in [0, 0.05) is 29.1 Å². The molecule has 0 unspecified atom stereocenters. The van der Waals surface area contributed by atoms with Crippen LogP contribution >= 0.6 is 34.3 Å². The molecule has 0 atom stereocenters. The van der Waals surface area contributed by atoms with Crippen LogP contribution in [-0.4, -0.2) is 37.3 Å². The number of nitrogens with one attached hydrogen (secondary N) is 1. The van der Waals surface area contributed by atoms with Gasteiger partial charge in [0.05, 0.1) is 11.4 Å². The van der Waals surface area contributed by atoms with E-state index in [0.717, 1.165) is 42.8 Å². The normalized spacial score (nSPS) is 14.3. The molecule has 2 aromatic heterocycles. The van der Waals surface area contributed by atoms with Crippen molar-refractivity contribution in [2.75, 3.05) is 17.8 Å². The van der Waals surface area contributed by atoms with Gasteiger partial charge in [-0.1, -0.05) is 17.7 Å². The first kappa shape index (κ1) is 21.3. The average molecular weight is 482 g/mol. The second kappa shape index (κ2) is 8.30. The molecule has 158 valence electrons. The van der Waals surface area contributed by atoms with E-state index in [1.807, 2.05) is 18.7 Å². The minimum Gasteiger partial charge on any atom is -0.338 e. The Morgan fingerprint density at radius 2 is 1.93 bits per heavy atom. The SMILES string of the molecule is Cc1ccc(Cl)cc1NS(=O)(=O)c1cc(-c2nc(C)c(C(=O)N3CCCC3)s2)cs1. The maximum absolute atomic E-state index is 12.8. The number of likely N-dealkylation sites (tertiary alicyclic amines) is 1. The Labute approximate surface area is 188 Å². The third-order valence-corrected chi connectivity index (χ3v) is 9.15. The maximum Gasteiger partial charge on any atom is 0.271 e. The van der Waals surface area contributed by atoms with Gasteiger partial charge in [0.25, 0.3) is 15.9 Å². The van der Waals surface area contributed by atoms with Gasteiger partial charge in [-0.25, -0.2) is 13.4 Å². The van der Waals surface area contributed by atoms with Crippen molar-refractivity contribution in [1.29, 1.82) is 0 Å². The highest BCUT2D eigenvalue weighted by atomic mass is 35.5. The second-order valence-electron chi connectivity index (χ2n) is 7.15. The van der Waals surface area contributed by atoms with Crippen molar-refractivity contribution in [2.24, 2.45) is 0 Å². The van der Waals surface area contributed by atoms with Crippen molar-refractivity contribution < 1.29 is 13.2 Å². The van der Waals surface area contributed by atoms with Crippen LogP contribution in [0.15, 0.2) is 33.9 Å². The number of thiazole rings is 1. The van der Waals surface area contributed by atoms with Crippen LogP contribution in [0.25, 0.3) is 10.6 Å². The Morgan fingerprint density at radius 1 is 1.20 bits per heavy atom. The number of anilines is 1. The molecule has 1 N–H and O–H groups in total. The van der Waals surface area contributed by atoms with E-state index in [4.69, 9.17) is 11.6 Å². The Kier molecular flexibility index (Phi) is 5.89. The van der Waals surface area contributed by atoms with Gasteiger partial charge < -0.3 is 4.90 Å². The monoisotopic (exact) mass is 481 g/mol. The zero-order valence-electron chi connectivity index (χ0n) is 16.4. The summed E-state index contributed by atoms with van der Waals surface area (Å²) in [6.45, 7) is 5.18. The molecule has 4 rings (SSSR count). The molecular weight excluding hydrogens is 462 g/mol. The summed E-state index contributed by atoms with van der Waals surface area (Å²) in [6.07, 6.45) is 2.06. The number of benzene rings is 1. The quantitative estimate of drug-likeness (QED) is 0.544. The van der Waals surface area contributed by atoms with E-state index in [1.54, 1.807) is 29.6 Å². The van der Waals surface area contributed by atoms with Crippen molar-refractivity contribution in [3.05, 3.63) is 50.8 Å². The summed E-state index contributed by atoms with van der Waals surface area (Å²) in [7, 11) is -3.76. The fourth-order valence-electron chi connectivity index (χ4n) is 3.25. The minimum atomic E-state index is -3.76. The van der Waals surface area contributed by atoms with E-state index in [-0.39, 0.29) is 10.1 Å². The lowest BCUT2D eigenvalue weighted by molar-refractivity contribution is 0.0796. The zero-order chi connectivity index (χ0) is 21.5. The first-order valence-corrected chi connectivity index (χ1v) is 12.9. The summed E-state index contributed by atoms with van der Waals surface area (Å²) in [5, 5.41) is 2.85. The predicted octanol–water partition coefficient (Wildman–Crippen LogP) is 5.18. The number of hydrogen-bond acceptors (Lipinski definition) is 6. The minimum absolute atomic E-state index is 0.00919. The van der Waals surface area contributed by atoms with E-state index < -0.39 is 10.0 Å². The lowest BCUT2D eigenvalue weighted by Gasteiger charge is -2.13. The van der Waals surface area contributed by atoms with Gasteiger partial charge in [0.2, 0.25) is 0 Å². The average Bonchev–Trinajstić information content (AvgIpc) is 3.44. The van der Waals surface area contributed by atoms with Crippen LogP contribution in [0.5, 0.6) is 0 Å². The van der Waals surface area contributed by atoms with Gasteiger partial charge in [-0.05, 0) is 50.5 Å². The van der Waals surface area contributed by atoms with Crippen LogP contribution < -0.4 is 4.72 Å². The third kappa shape index (κ3) is 4.25. The number of aryl methyl sites for hydroxylation is 2. The molecule has 1 saturated heterocycles. The molecule has 0 aliphatic carbocycles. The molecule has 1 aliphatic heterocycles. The first-order chi connectivity index (χ1) is 14.2. The Balaban J connectivity index is 1.59. The molecule has 0 saturated carbocycles. The molecule has 1 fully saturated rings. The van der Waals surface area contributed by atoms with Crippen molar-refractivity contribution in [1.82, 2.24) is 9.88 Å². The van der Waals surface area contributed by atoms with Crippen molar-refractivity contribution in [3.63, 3.8) is 0 Å². The highest BCUT2D eigenvalue weighted by Crippen LogP contribution is 2.34. The van der Waals surface area contributed by atoms with E-state index in [2.05, 4.69) is 9.71 Å².